The fraction of sp³-hybridized carbons (Fsp3) is 0.231. The van der Waals surface area contributed by atoms with Crippen LogP contribution >= 0.6 is 0 Å². The summed E-state index contributed by atoms with van der Waals surface area (Å²) in [6.45, 7) is 4.33. The quantitative estimate of drug-likeness (QED) is 0.429. The average Bonchev–Trinajstić information content (AvgIpc) is 2.75. The van der Waals surface area contributed by atoms with Crippen LogP contribution < -0.4 is 9.64 Å². The zero-order chi connectivity index (χ0) is 25.0. The fourth-order valence-electron chi connectivity index (χ4n) is 3.39. The summed E-state index contributed by atoms with van der Waals surface area (Å²) in [6.07, 6.45) is 0. The Kier molecular flexibility index (Phi) is 7.29. The number of benzene rings is 3. The minimum atomic E-state index is -1.38. The van der Waals surface area contributed by atoms with Crippen molar-refractivity contribution in [3.63, 3.8) is 0 Å². The summed E-state index contributed by atoms with van der Waals surface area (Å²) in [5.74, 6) is -5.29. The maximum atomic E-state index is 14.4. The van der Waals surface area contributed by atoms with E-state index in [0.29, 0.717) is 29.0 Å². The summed E-state index contributed by atoms with van der Waals surface area (Å²) in [4.78, 5) is 26.7. The molecular formula is C26H24F3NO4. The summed E-state index contributed by atoms with van der Waals surface area (Å²) >= 11 is 0. The molecule has 1 amide bonds. The van der Waals surface area contributed by atoms with Crippen LogP contribution in [0.15, 0.2) is 60.7 Å². The van der Waals surface area contributed by atoms with Gasteiger partial charge in [-0.05, 0) is 44.5 Å². The largest absolute Gasteiger partial charge is 0.496 e. The zero-order valence-corrected chi connectivity index (χ0v) is 19.2. The molecule has 3 rings (SSSR count). The first-order valence-corrected chi connectivity index (χ1v) is 10.4. The molecule has 0 unspecified atom stereocenters. The molecule has 0 spiro atoms. The standard InChI is InChI=1S/C26H24F3NO4/c1-26(2,3)34-23(31)15-30(25(32)24-20(28)13-17(27)14-21(24)29)18-9-7-8-16(12-18)19-10-5-6-11-22(19)33-4/h5-14H,15H2,1-4H3. The van der Waals surface area contributed by atoms with Gasteiger partial charge in [0.1, 0.15) is 40.9 Å². The molecule has 0 saturated carbocycles. The smallest absolute Gasteiger partial charge is 0.326 e. The highest BCUT2D eigenvalue weighted by Gasteiger charge is 2.29. The van der Waals surface area contributed by atoms with Crippen LogP contribution in [-0.4, -0.2) is 31.1 Å². The van der Waals surface area contributed by atoms with Gasteiger partial charge in [-0.3, -0.25) is 14.5 Å². The Hall–Kier alpha value is -3.81. The van der Waals surface area contributed by atoms with Crippen molar-refractivity contribution in [3.05, 3.63) is 83.7 Å². The molecule has 0 saturated heterocycles. The number of anilines is 1. The van der Waals surface area contributed by atoms with Crippen LogP contribution in [0.5, 0.6) is 5.75 Å². The number of ether oxygens (including phenoxy) is 2. The van der Waals surface area contributed by atoms with E-state index in [4.69, 9.17) is 9.47 Å². The van der Waals surface area contributed by atoms with Crippen LogP contribution in [0.2, 0.25) is 0 Å². The first-order chi connectivity index (χ1) is 16.0. The van der Waals surface area contributed by atoms with Crippen molar-refractivity contribution in [2.45, 2.75) is 26.4 Å². The Balaban J connectivity index is 2.09. The van der Waals surface area contributed by atoms with Crippen molar-refractivity contribution >= 4 is 17.6 Å². The molecule has 3 aromatic carbocycles. The van der Waals surface area contributed by atoms with Crippen LogP contribution in [0.1, 0.15) is 31.1 Å². The molecular weight excluding hydrogens is 447 g/mol. The summed E-state index contributed by atoms with van der Waals surface area (Å²) in [7, 11) is 1.51. The predicted molar refractivity (Wildman–Crippen MR) is 122 cm³/mol. The summed E-state index contributed by atoms with van der Waals surface area (Å²) < 4.78 is 53.0. The van der Waals surface area contributed by atoms with Crippen molar-refractivity contribution in [1.82, 2.24) is 0 Å². The third kappa shape index (κ3) is 5.75. The van der Waals surface area contributed by atoms with E-state index in [1.807, 2.05) is 0 Å². The molecule has 0 radical (unpaired) electrons. The Labute approximate surface area is 195 Å². The van der Waals surface area contributed by atoms with Gasteiger partial charge in [-0.1, -0.05) is 30.3 Å². The van der Waals surface area contributed by atoms with Crippen molar-refractivity contribution in [3.8, 4) is 16.9 Å². The lowest BCUT2D eigenvalue weighted by Crippen LogP contribution is -2.39. The summed E-state index contributed by atoms with van der Waals surface area (Å²) in [5.41, 5.74) is -0.306. The van der Waals surface area contributed by atoms with Crippen molar-refractivity contribution in [1.29, 1.82) is 0 Å². The van der Waals surface area contributed by atoms with Crippen molar-refractivity contribution < 1.29 is 32.2 Å². The van der Waals surface area contributed by atoms with E-state index < -0.39 is 47.0 Å². The monoisotopic (exact) mass is 471 g/mol. The van der Waals surface area contributed by atoms with Crippen LogP contribution in [0.3, 0.4) is 0 Å². The average molecular weight is 471 g/mol. The first kappa shape index (κ1) is 24.8. The number of hydrogen-bond acceptors (Lipinski definition) is 4. The topological polar surface area (TPSA) is 55.8 Å². The second-order valence-corrected chi connectivity index (χ2v) is 8.47. The van der Waals surface area contributed by atoms with Gasteiger partial charge in [-0.25, -0.2) is 13.2 Å². The van der Waals surface area contributed by atoms with E-state index in [-0.39, 0.29) is 5.69 Å². The lowest BCUT2D eigenvalue weighted by molar-refractivity contribution is -0.152. The van der Waals surface area contributed by atoms with Crippen molar-refractivity contribution in [2.24, 2.45) is 0 Å². The number of rotatable bonds is 6. The van der Waals surface area contributed by atoms with Gasteiger partial charge in [0.25, 0.3) is 5.91 Å². The third-order valence-electron chi connectivity index (χ3n) is 4.75. The molecule has 0 aliphatic carbocycles. The van der Waals surface area contributed by atoms with E-state index in [9.17, 15) is 22.8 Å². The molecule has 0 heterocycles. The summed E-state index contributed by atoms with van der Waals surface area (Å²) in [6, 6.07) is 14.5. The molecule has 0 fully saturated rings. The van der Waals surface area contributed by atoms with Gasteiger partial charge >= 0.3 is 5.97 Å². The van der Waals surface area contributed by atoms with E-state index in [2.05, 4.69) is 0 Å². The molecule has 0 N–H and O–H groups in total. The SMILES string of the molecule is COc1ccccc1-c1cccc(N(CC(=O)OC(C)(C)C)C(=O)c2c(F)cc(F)cc2F)c1. The third-order valence-corrected chi connectivity index (χ3v) is 4.75. The molecule has 0 atom stereocenters. The van der Waals surface area contributed by atoms with Gasteiger partial charge in [-0.15, -0.1) is 0 Å². The Morgan fingerprint density at radius 3 is 2.18 bits per heavy atom. The van der Waals surface area contributed by atoms with Gasteiger partial charge in [0, 0.05) is 23.4 Å². The molecule has 0 bridgehead atoms. The second-order valence-electron chi connectivity index (χ2n) is 8.47. The van der Waals surface area contributed by atoms with Gasteiger partial charge in [0.05, 0.1) is 7.11 Å². The number of carbonyl (C=O) groups excluding carboxylic acids is 2. The lowest BCUT2D eigenvalue weighted by atomic mass is 10.0. The highest BCUT2D eigenvalue weighted by atomic mass is 19.1. The number of amides is 1. The van der Waals surface area contributed by atoms with E-state index >= 15 is 0 Å². The van der Waals surface area contributed by atoms with Crippen LogP contribution in [0.4, 0.5) is 18.9 Å². The van der Waals surface area contributed by atoms with Gasteiger partial charge < -0.3 is 9.47 Å². The van der Waals surface area contributed by atoms with Crippen LogP contribution in [0.25, 0.3) is 11.1 Å². The number of carbonyl (C=O) groups is 2. The van der Waals surface area contributed by atoms with E-state index in [0.717, 1.165) is 4.90 Å². The van der Waals surface area contributed by atoms with E-state index in [1.165, 1.54) is 13.2 Å². The molecule has 3 aromatic rings. The molecule has 8 heteroatoms. The second kappa shape index (κ2) is 9.99. The maximum Gasteiger partial charge on any atom is 0.326 e. The van der Waals surface area contributed by atoms with Gasteiger partial charge in [0.15, 0.2) is 0 Å². The number of hydrogen-bond donors (Lipinski definition) is 0. The Bertz CT molecular complexity index is 1200. The number of nitrogens with zero attached hydrogens (tertiary/aromatic N) is 1. The minimum absolute atomic E-state index is 0.183. The highest BCUT2D eigenvalue weighted by Crippen LogP contribution is 2.32. The maximum absolute atomic E-state index is 14.4. The minimum Gasteiger partial charge on any atom is -0.496 e. The Morgan fingerprint density at radius 1 is 0.912 bits per heavy atom. The van der Waals surface area contributed by atoms with E-state index in [1.54, 1.807) is 63.2 Å². The van der Waals surface area contributed by atoms with Gasteiger partial charge in [0.2, 0.25) is 0 Å². The molecule has 34 heavy (non-hydrogen) atoms. The van der Waals surface area contributed by atoms with Crippen LogP contribution in [-0.2, 0) is 9.53 Å². The predicted octanol–water partition coefficient (Wildman–Crippen LogP) is 5.77. The molecule has 0 aliphatic rings. The molecule has 0 aromatic heterocycles. The fourth-order valence-corrected chi connectivity index (χ4v) is 3.39. The summed E-state index contributed by atoms with van der Waals surface area (Å²) in [5, 5.41) is 0. The normalized spacial score (nSPS) is 11.1. The molecule has 5 nitrogen and oxygen atoms in total. The highest BCUT2D eigenvalue weighted by molar-refractivity contribution is 6.09. The number of methoxy groups -OCH3 is 1. The lowest BCUT2D eigenvalue weighted by Gasteiger charge is -2.26. The zero-order valence-electron chi connectivity index (χ0n) is 19.2. The molecule has 0 aliphatic heterocycles. The number of halogens is 3. The number of esters is 1. The van der Waals surface area contributed by atoms with Crippen LogP contribution in [0, 0.1) is 17.5 Å². The Morgan fingerprint density at radius 2 is 1.56 bits per heavy atom. The molecule has 178 valence electrons. The van der Waals surface area contributed by atoms with Crippen molar-refractivity contribution in [2.75, 3.05) is 18.6 Å². The first-order valence-electron chi connectivity index (χ1n) is 10.4. The number of para-hydroxylation sites is 1. The van der Waals surface area contributed by atoms with Gasteiger partial charge in [-0.2, -0.15) is 0 Å².